The molecule has 2 aliphatic rings. The SMILES string of the molecule is CC(C)(C)OC(=O)N1C[C@H]2CC(Nc3ccc(Br)c(F)c3F)C[C@H]2C1. The van der Waals surface area contributed by atoms with Crippen molar-refractivity contribution in [1.29, 1.82) is 0 Å². The highest BCUT2D eigenvalue weighted by atomic mass is 79.9. The van der Waals surface area contributed by atoms with Gasteiger partial charge in [-0.15, -0.1) is 0 Å². The molecule has 2 fully saturated rings. The number of nitrogens with zero attached hydrogens (tertiary/aromatic N) is 1. The van der Waals surface area contributed by atoms with Gasteiger partial charge in [-0.25, -0.2) is 13.6 Å². The summed E-state index contributed by atoms with van der Waals surface area (Å²) in [6.45, 7) is 6.89. The number of carbonyl (C=O) groups is 1. The number of likely N-dealkylation sites (tertiary alicyclic amines) is 1. The first-order valence-electron chi connectivity index (χ1n) is 8.52. The fourth-order valence-corrected chi connectivity index (χ4v) is 4.06. The lowest BCUT2D eigenvalue weighted by Crippen LogP contribution is -2.36. The minimum atomic E-state index is -0.876. The van der Waals surface area contributed by atoms with Crippen LogP contribution >= 0.6 is 15.9 Å². The number of benzene rings is 1. The molecule has 1 aromatic rings. The molecular weight excluding hydrogens is 394 g/mol. The fraction of sp³-hybridized carbons (Fsp3) is 0.611. The lowest BCUT2D eigenvalue weighted by atomic mass is 10.0. The van der Waals surface area contributed by atoms with E-state index >= 15 is 0 Å². The summed E-state index contributed by atoms with van der Waals surface area (Å²) >= 11 is 2.98. The summed E-state index contributed by atoms with van der Waals surface area (Å²) in [5.41, 5.74) is -0.308. The zero-order chi connectivity index (χ0) is 18.4. The molecule has 1 aliphatic heterocycles. The van der Waals surface area contributed by atoms with E-state index < -0.39 is 17.2 Å². The zero-order valence-corrected chi connectivity index (χ0v) is 16.2. The fourth-order valence-electron chi connectivity index (χ4n) is 3.75. The normalized spacial score (nSPS) is 25.8. The second-order valence-corrected chi connectivity index (χ2v) is 8.80. The number of anilines is 1. The molecule has 0 spiro atoms. The number of amides is 1. The number of rotatable bonds is 2. The Labute approximate surface area is 155 Å². The second kappa shape index (κ2) is 6.74. The standard InChI is InChI=1S/C18H23BrF2N2O2/c1-18(2,3)25-17(24)23-8-10-6-12(7-11(10)9-23)22-14-5-4-13(19)15(20)16(14)21/h4-5,10-12,22H,6-9H2,1-3H3/t10-,11+,12?. The molecule has 0 aromatic heterocycles. The second-order valence-electron chi connectivity index (χ2n) is 7.94. The molecule has 1 saturated heterocycles. The van der Waals surface area contributed by atoms with Gasteiger partial charge in [0.1, 0.15) is 5.60 Å². The van der Waals surface area contributed by atoms with Crippen molar-refractivity contribution in [3.63, 3.8) is 0 Å². The molecule has 1 N–H and O–H groups in total. The summed E-state index contributed by atoms with van der Waals surface area (Å²) in [7, 11) is 0. The van der Waals surface area contributed by atoms with E-state index in [2.05, 4.69) is 21.2 Å². The molecule has 7 heteroatoms. The third kappa shape index (κ3) is 4.07. The van der Waals surface area contributed by atoms with E-state index in [-0.39, 0.29) is 22.3 Å². The Morgan fingerprint density at radius 1 is 1.20 bits per heavy atom. The molecule has 0 bridgehead atoms. The Morgan fingerprint density at radius 3 is 2.36 bits per heavy atom. The van der Waals surface area contributed by atoms with Crippen LogP contribution in [0.25, 0.3) is 0 Å². The average molecular weight is 417 g/mol. The number of hydrogen-bond donors (Lipinski definition) is 1. The third-order valence-electron chi connectivity index (χ3n) is 4.80. The summed E-state index contributed by atoms with van der Waals surface area (Å²) in [5.74, 6) is -0.997. The van der Waals surface area contributed by atoms with Crippen LogP contribution < -0.4 is 5.32 Å². The van der Waals surface area contributed by atoms with Gasteiger partial charge in [-0.1, -0.05) is 0 Å². The van der Waals surface area contributed by atoms with Crippen molar-refractivity contribution in [1.82, 2.24) is 4.90 Å². The van der Waals surface area contributed by atoms with Crippen LogP contribution in [0, 0.1) is 23.5 Å². The number of fused-ring (bicyclic) bond motifs is 1. The summed E-state index contributed by atoms with van der Waals surface area (Å²) < 4.78 is 33.2. The topological polar surface area (TPSA) is 41.6 Å². The van der Waals surface area contributed by atoms with Gasteiger partial charge in [-0.2, -0.15) is 0 Å². The highest BCUT2D eigenvalue weighted by molar-refractivity contribution is 9.10. The first kappa shape index (κ1) is 18.4. The molecule has 25 heavy (non-hydrogen) atoms. The van der Waals surface area contributed by atoms with Gasteiger partial charge >= 0.3 is 6.09 Å². The lowest BCUT2D eigenvalue weighted by molar-refractivity contribution is 0.0280. The Balaban J connectivity index is 1.57. The molecule has 3 atom stereocenters. The Kier molecular flexibility index (Phi) is 4.97. The monoisotopic (exact) mass is 416 g/mol. The Morgan fingerprint density at radius 2 is 1.80 bits per heavy atom. The van der Waals surface area contributed by atoms with E-state index in [0.717, 1.165) is 12.8 Å². The van der Waals surface area contributed by atoms with Gasteiger partial charge in [0.05, 0.1) is 10.2 Å². The van der Waals surface area contributed by atoms with Crippen molar-refractivity contribution in [3.05, 3.63) is 28.2 Å². The first-order valence-corrected chi connectivity index (χ1v) is 9.31. The molecule has 1 aromatic carbocycles. The number of carbonyl (C=O) groups excluding carboxylic acids is 1. The number of halogens is 3. The number of hydrogen-bond acceptors (Lipinski definition) is 3. The molecule has 1 heterocycles. The van der Waals surface area contributed by atoms with Crippen LogP contribution in [0.15, 0.2) is 16.6 Å². The van der Waals surface area contributed by atoms with E-state index in [1.807, 2.05) is 20.8 Å². The molecule has 1 amide bonds. The lowest BCUT2D eigenvalue weighted by Gasteiger charge is -2.25. The van der Waals surface area contributed by atoms with E-state index in [9.17, 15) is 13.6 Å². The molecule has 1 unspecified atom stereocenters. The molecule has 4 nitrogen and oxygen atoms in total. The minimum Gasteiger partial charge on any atom is -0.444 e. The maximum absolute atomic E-state index is 14.0. The van der Waals surface area contributed by atoms with Crippen LogP contribution in [-0.2, 0) is 4.74 Å². The van der Waals surface area contributed by atoms with Crippen LogP contribution in [0.2, 0.25) is 0 Å². The molecular formula is C18H23BrF2N2O2. The first-order chi connectivity index (χ1) is 11.6. The van der Waals surface area contributed by atoms with E-state index in [0.29, 0.717) is 24.9 Å². The van der Waals surface area contributed by atoms with Crippen molar-refractivity contribution < 1.29 is 18.3 Å². The quantitative estimate of drug-likeness (QED) is 0.704. The minimum absolute atomic E-state index is 0.0888. The van der Waals surface area contributed by atoms with Crippen LogP contribution in [0.1, 0.15) is 33.6 Å². The van der Waals surface area contributed by atoms with Gasteiger partial charge in [0, 0.05) is 19.1 Å². The summed E-state index contributed by atoms with van der Waals surface area (Å²) in [4.78, 5) is 13.9. The predicted molar refractivity (Wildman–Crippen MR) is 95.5 cm³/mol. The summed E-state index contributed by atoms with van der Waals surface area (Å²) in [6, 6.07) is 3.13. The maximum Gasteiger partial charge on any atom is 0.410 e. The van der Waals surface area contributed by atoms with Crippen LogP contribution in [0.3, 0.4) is 0 Å². The predicted octanol–water partition coefficient (Wildman–Crippen LogP) is 4.78. The van der Waals surface area contributed by atoms with E-state index in [1.165, 1.54) is 6.07 Å². The summed E-state index contributed by atoms with van der Waals surface area (Å²) in [5, 5.41) is 3.12. The van der Waals surface area contributed by atoms with Gasteiger partial charge in [0.2, 0.25) is 0 Å². The Hall–Kier alpha value is -1.37. The van der Waals surface area contributed by atoms with Gasteiger partial charge in [0.25, 0.3) is 0 Å². The van der Waals surface area contributed by atoms with Gasteiger partial charge < -0.3 is 15.0 Å². The van der Waals surface area contributed by atoms with E-state index in [1.54, 1.807) is 11.0 Å². The third-order valence-corrected chi connectivity index (χ3v) is 5.41. The van der Waals surface area contributed by atoms with Crippen LogP contribution in [0.4, 0.5) is 19.3 Å². The highest BCUT2D eigenvalue weighted by Crippen LogP contribution is 2.40. The van der Waals surface area contributed by atoms with Crippen molar-refractivity contribution in [2.24, 2.45) is 11.8 Å². The Bertz CT molecular complexity index is 664. The van der Waals surface area contributed by atoms with Gasteiger partial charge in [-0.3, -0.25) is 0 Å². The van der Waals surface area contributed by atoms with Crippen molar-refractivity contribution in [2.75, 3.05) is 18.4 Å². The molecule has 3 rings (SSSR count). The molecule has 138 valence electrons. The highest BCUT2D eigenvalue weighted by Gasteiger charge is 2.43. The van der Waals surface area contributed by atoms with Crippen molar-refractivity contribution in [2.45, 2.75) is 45.3 Å². The maximum atomic E-state index is 14.0. The largest absolute Gasteiger partial charge is 0.444 e. The molecule has 0 radical (unpaired) electrons. The van der Waals surface area contributed by atoms with Gasteiger partial charge in [-0.05, 0) is 73.5 Å². The van der Waals surface area contributed by atoms with Crippen LogP contribution in [-0.4, -0.2) is 35.7 Å². The zero-order valence-electron chi connectivity index (χ0n) is 14.6. The van der Waals surface area contributed by atoms with Crippen molar-refractivity contribution >= 4 is 27.7 Å². The molecule has 1 saturated carbocycles. The van der Waals surface area contributed by atoms with Crippen molar-refractivity contribution in [3.8, 4) is 0 Å². The van der Waals surface area contributed by atoms with E-state index in [4.69, 9.17) is 4.74 Å². The molecule has 1 aliphatic carbocycles. The average Bonchev–Trinajstić information content (AvgIpc) is 3.04. The smallest absolute Gasteiger partial charge is 0.410 e. The number of ether oxygens (including phenoxy) is 1. The summed E-state index contributed by atoms with van der Waals surface area (Å²) in [6.07, 6.45) is 1.40. The number of nitrogens with one attached hydrogen (secondary N) is 1. The van der Waals surface area contributed by atoms with Gasteiger partial charge in [0.15, 0.2) is 11.6 Å². The van der Waals surface area contributed by atoms with Crippen LogP contribution in [0.5, 0.6) is 0 Å².